The Labute approximate surface area is 196 Å². The van der Waals surface area contributed by atoms with Crippen LogP contribution in [0.1, 0.15) is 49.3 Å². The molecule has 0 bridgehead atoms. The van der Waals surface area contributed by atoms with E-state index in [0.29, 0.717) is 36.6 Å². The predicted molar refractivity (Wildman–Crippen MR) is 128 cm³/mol. The maximum absolute atomic E-state index is 13.4. The normalized spacial score (nSPS) is 19.3. The Morgan fingerprint density at radius 1 is 1.30 bits per heavy atom. The molecule has 0 saturated carbocycles. The van der Waals surface area contributed by atoms with E-state index in [1.807, 2.05) is 46.0 Å². The number of pyridine rings is 2. The van der Waals surface area contributed by atoms with Crippen molar-refractivity contribution in [3.63, 3.8) is 0 Å². The van der Waals surface area contributed by atoms with Gasteiger partial charge in [-0.3, -0.25) is 14.7 Å². The van der Waals surface area contributed by atoms with Crippen molar-refractivity contribution in [3.05, 3.63) is 53.5 Å². The molecule has 0 unspecified atom stereocenters. The summed E-state index contributed by atoms with van der Waals surface area (Å²) in [6, 6.07) is 7.31. The number of amides is 1. The molecular formula is C26H34N4O3. The van der Waals surface area contributed by atoms with E-state index in [0.717, 1.165) is 5.69 Å². The van der Waals surface area contributed by atoms with Crippen molar-refractivity contribution in [3.8, 4) is 17.7 Å². The molecule has 0 spiro atoms. The van der Waals surface area contributed by atoms with Crippen LogP contribution >= 0.6 is 0 Å². The van der Waals surface area contributed by atoms with E-state index >= 15 is 0 Å². The first-order valence-electron chi connectivity index (χ1n) is 11.5. The predicted octanol–water partition coefficient (Wildman–Crippen LogP) is 2.84. The number of aliphatic hydroxyl groups excluding tert-OH is 1. The summed E-state index contributed by atoms with van der Waals surface area (Å²) in [7, 11) is 2.03. The molecule has 1 N–H and O–H groups in total. The van der Waals surface area contributed by atoms with Crippen LogP contribution in [-0.4, -0.2) is 69.7 Å². The molecule has 0 aliphatic carbocycles. The van der Waals surface area contributed by atoms with Crippen LogP contribution in [0.25, 0.3) is 0 Å². The van der Waals surface area contributed by atoms with Crippen LogP contribution < -0.4 is 4.74 Å². The molecule has 7 heteroatoms. The van der Waals surface area contributed by atoms with E-state index in [4.69, 9.17) is 4.74 Å². The van der Waals surface area contributed by atoms with Gasteiger partial charge in [-0.15, -0.1) is 0 Å². The minimum absolute atomic E-state index is 0.0319. The number of nitrogens with zero attached hydrogens (tertiary/aromatic N) is 4. The Bertz CT molecular complexity index is 1000. The van der Waals surface area contributed by atoms with Gasteiger partial charge >= 0.3 is 0 Å². The van der Waals surface area contributed by atoms with E-state index < -0.39 is 0 Å². The van der Waals surface area contributed by atoms with Gasteiger partial charge in [0.25, 0.3) is 5.91 Å². The summed E-state index contributed by atoms with van der Waals surface area (Å²) in [5.74, 6) is 6.56. The summed E-state index contributed by atoms with van der Waals surface area (Å²) in [6.07, 6.45) is 3.25. The van der Waals surface area contributed by atoms with Gasteiger partial charge in [0, 0.05) is 49.4 Å². The second-order valence-electron chi connectivity index (χ2n) is 9.14. The largest absolute Gasteiger partial charge is 0.472 e. The van der Waals surface area contributed by atoms with Gasteiger partial charge in [0.05, 0.1) is 18.3 Å². The number of aliphatic hydroxyl groups is 1. The Morgan fingerprint density at radius 3 is 2.76 bits per heavy atom. The first-order chi connectivity index (χ1) is 15.8. The maximum atomic E-state index is 13.4. The molecule has 0 radical (unpaired) electrons. The number of likely N-dealkylation sites (N-methyl/N-ethyl adjacent to an activating group) is 1. The number of rotatable bonds is 6. The highest BCUT2D eigenvalue weighted by Crippen LogP contribution is 2.27. The van der Waals surface area contributed by atoms with Crippen LogP contribution in [0.15, 0.2) is 36.7 Å². The van der Waals surface area contributed by atoms with E-state index in [1.165, 1.54) is 0 Å². The highest BCUT2D eigenvalue weighted by Gasteiger charge is 2.34. The summed E-state index contributed by atoms with van der Waals surface area (Å²) in [4.78, 5) is 26.2. The Hall–Kier alpha value is -2.95. The van der Waals surface area contributed by atoms with Crippen molar-refractivity contribution < 1.29 is 14.6 Å². The molecule has 3 atom stereocenters. The van der Waals surface area contributed by atoms with Gasteiger partial charge in [0.1, 0.15) is 11.7 Å². The first kappa shape index (κ1) is 24.7. The van der Waals surface area contributed by atoms with E-state index in [1.54, 1.807) is 23.4 Å². The van der Waals surface area contributed by atoms with E-state index in [-0.39, 0.29) is 36.5 Å². The van der Waals surface area contributed by atoms with Crippen LogP contribution in [0.2, 0.25) is 0 Å². The van der Waals surface area contributed by atoms with Crippen molar-refractivity contribution in [2.24, 2.45) is 11.8 Å². The lowest BCUT2D eigenvalue weighted by atomic mass is 9.99. The zero-order valence-electron chi connectivity index (χ0n) is 20.2. The van der Waals surface area contributed by atoms with Crippen molar-refractivity contribution in [2.45, 2.75) is 46.4 Å². The van der Waals surface area contributed by atoms with Gasteiger partial charge in [-0.2, -0.15) is 0 Å². The quantitative estimate of drug-likeness (QED) is 0.682. The number of ether oxygens (including phenoxy) is 1. The van der Waals surface area contributed by atoms with E-state index in [2.05, 4.69) is 33.6 Å². The molecule has 0 aromatic carbocycles. The summed E-state index contributed by atoms with van der Waals surface area (Å²) >= 11 is 0. The molecule has 0 saturated heterocycles. The van der Waals surface area contributed by atoms with Crippen molar-refractivity contribution >= 4 is 5.91 Å². The fourth-order valence-electron chi connectivity index (χ4n) is 3.76. The number of hydrogen-bond acceptors (Lipinski definition) is 6. The molecule has 7 nitrogen and oxygen atoms in total. The number of hydrogen-bond donors (Lipinski definition) is 1. The van der Waals surface area contributed by atoms with Gasteiger partial charge in [-0.1, -0.05) is 38.7 Å². The minimum Gasteiger partial charge on any atom is -0.472 e. The highest BCUT2D eigenvalue weighted by molar-refractivity contribution is 5.97. The van der Waals surface area contributed by atoms with Gasteiger partial charge in [0.15, 0.2) is 0 Å². The number of aromatic nitrogens is 2. The summed E-state index contributed by atoms with van der Waals surface area (Å²) < 4.78 is 6.34. The van der Waals surface area contributed by atoms with Crippen molar-refractivity contribution in [2.75, 3.05) is 26.7 Å². The second kappa shape index (κ2) is 11.3. The Morgan fingerprint density at radius 2 is 2.09 bits per heavy atom. The first-order valence-corrected chi connectivity index (χ1v) is 11.5. The molecule has 1 aliphatic heterocycles. The number of carbonyl (C=O) groups excluding carboxylic acids is 1. The smallest absolute Gasteiger partial charge is 0.259 e. The monoisotopic (exact) mass is 450 g/mol. The van der Waals surface area contributed by atoms with Crippen LogP contribution in [0.4, 0.5) is 0 Å². The average Bonchev–Trinajstić information content (AvgIpc) is 2.80. The minimum atomic E-state index is -0.316. The summed E-state index contributed by atoms with van der Waals surface area (Å²) in [5, 5.41) is 9.80. The lowest BCUT2D eigenvalue weighted by molar-refractivity contribution is 0.0324. The molecule has 3 heterocycles. The lowest BCUT2D eigenvalue weighted by Crippen LogP contribution is -2.49. The lowest BCUT2D eigenvalue weighted by Gasteiger charge is -2.37. The third-order valence-electron chi connectivity index (χ3n) is 5.68. The summed E-state index contributed by atoms with van der Waals surface area (Å²) in [6.45, 7) is 9.64. The SMILES string of the molecule is CC(C)C#Cc1cnc2c(c1)C(=O)N([C@@H](C)CO)C[C@@H](C)[C@@H](CN(C)Cc1ccccn1)O2. The van der Waals surface area contributed by atoms with Gasteiger partial charge in [-0.25, -0.2) is 4.98 Å². The molecular weight excluding hydrogens is 416 g/mol. The third kappa shape index (κ3) is 6.53. The van der Waals surface area contributed by atoms with Gasteiger partial charge in [-0.05, 0) is 32.2 Å². The average molecular weight is 451 g/mol. The molecule has 0 fully saturated rings. The third-order valence-corrected chi connectivity index (χ3v) is 5.68. The van der Waals surface area contributed by atoms with Crippen LogP contribution in [-0.2, 0) is 6.54 Å². The van der Waals surface area contributed by atoms with Gasteiger partial charge < -0.3 is 14.7 Å². The van der Waals surface area contributed by atoms with Crippen LogP contribution in [0.5, 0.6) is 5.88 Å². The highest BCUT2D eigenvalue weighted by atomic mass is 16.5. The zero-order chi connectivity index (χ0) is 24.0. The number of fused-ring (bicyclic) bond motifs is 1. The molecule has 1 aliphatic rings. The second-order valence-corrected chi connectivity index (χ2v) is 9.14. The van der Waals surface area contributed by atoms with Crippen LogP contribution in [0, 0.1) is 23.7 Å². The standard InChI is InChI=1S/C26H34N4O3/c1-18(2)9-10-21-12-23-25(28-13-21)33-24(16-29(5)15-22-8-6-7-11-27-22)19(3)14-30(26(23)32)20(4)17-31/h6-8,11-13,18-20,24,31H,14-17H2,1-5H3/t19-,20+,24-/m1/s1. The van der Waals surface area contributed by atoms with Gasteiger partial charge in [0.2, 0.25) is 5.88 Å². The summed E-state index contributed by atoms with van der Waals surface area (Å²) in [5.41, 5.74) is 2.04. The molecule has 2 aromatic heterocycles. The zero-order valence-corrected chi connectivity index (χ0v) is 20.2. The molecule has 2 aromatic rings. The Kier molecular flexibility index (Phi) is 8.43. The molecule has 1 amide bonds. The molecule has 176 valence electrons. The maximum Gasteiger partial charge on any atom is 0.259 e. The fourth-order valence-corrected chi connectivity index (χ4v) is 3.76. The van der Waals surface area contributed by atoms with Crippen molar-refractivity contribution in [1.29, 1.82) is 0 Å². The fraction of sp³-hybridized carbons (Fsp3) is 0.500. The molecule has 3 rings (SSSR count). The topological polar surface area (TPSA) is 78.8 Å². The van der Waals surface area contributed by atoms with E-state index in [9.17, 15) is 9.90 Å². The van der Waals surface area contributed by atoms with Crippen LogP contribution in [0.3, 0.4) is 0 Å². The molecule has 33 heavy (non-hydrogen) atoms. The van der Waals surface area contributed by atoms with Crippen molar-refractivity contribution in [1.82, 2.24) is 19.8 Å². The number of carbonyl (C=O) groups is 1. The Balaban J connectivity index is 1.91.